The molecule has 0 radical (unpaired) electrons. The molecule has 0 fully saturated rings. The van der Waals surface area contributed by atoms with Crippen LogP contribution in [0.5, 0.6) is 0 Å². The lowest BCUT2D eigenvalue weighted by molar-refractivity contribution is -0.116. The lowest BCUT2D eigenvalue weighted by Gasteiger charge is -2.07. The van der Waals surface area contributed by atoms with E-state index in [2.05, 4.69) is 21.2 Å². The van der Waals surface area contributed by atoms with Gasteiger partial charge in [0.25, 0.3) is 0 Å². The quantitative estimate of drug-likeness (QED) is 0.468. The van der Waals surface area contributed by atoms with E-state index in [1.54, 1.807) is 5.38 Å². The highest BCUT2D eigenvalue weighted by Gasteiger charge is 2.21. The number of rotatable bonds is 7. The summed E-state index contributed by atoms with van der Waals surface area (Å²) >= 11 is 4.72. The average Bonchev–Trinajstić information content (AvgIpc) is 3.11. The summed E-state index contributed by atoms with van der Waals surface area (Å²) in [7, 11) is 0. The van der Waals surface area contributed by atoms with E-state index in [-0.39, 0.29) is 11.5 Å². The van der Waals surface area contributed by atoms with Gasteiger partial charge in [0, 0.05) is 17.1 Å². The number of halogens is 1. The van der Waals surface area contributed by atoms with Crippen LogP contribution in [0.2, 0.25) is 0 Å². The van der Waals surface area contributed by atoms with Crippen LogP contribution in [0.4, 0.5) is 5.69 Å². The molecule has 0 atom stereocenters. The predicted octanol–water partition coefficient (Wildman–Crippen LogP) is 5.58. The standard InChI is InChI=1S/C21H18BrNO3S/c22-12-15-6-9-16(10-7-15)20-19(21(25)26)17(13-27-20)23-18(24)11-8-14-4-2-1-3-5-14/h1-7,9-10,13H,8,11-12H2,(H,23,24)(H,25,26). The van der Waals surface area contributed by atoms with Crippen molar-refractivity contribution >= 4 is 44.8 Å². The Morgan fingerprint density at radius 2 is 1.70 bits per heavy atom. The van der Waals surface area contributed by atoms with E-state index in [1.165, 1.54) is 11.3 Å². The van der Waals surface area contributed by atoms with Crippen LogP contribution in [0.1, 0.15) is 27.9 Å². The van der Waals surface area contributed by atoms with Crippen LogP contribution in [-0.2, 0) is 16.5 Å². The molecule has 4 nitrogen and oxygen atoms in total. The summed E-state index contributed by atoms with van der Waals surface area (Å²) in [6.07, 6.45) is 0.911. The highest BCUT2D eigenvalue weighted by atomic mass is 79.9. The molecule has 3 aromatic rings. The number of hydrogen-bond donors (Lipinski definition) is 2. The lowest BCUT2D eigenvalue weighted by Crippen LogP contribution is -2.14. The first-order valence-corrected chi connectivity index (χ1v) is 10.4. The summed E-state index contributed by atoms with van der Waals surface area (Å²) in [5, 5.41) is 14.9. The van der Waals surface area contributed by atoms with Crippen LogP contribution < -0.4 is 5.32 Å². The third kappa shape index (κ3) is 4.84. The van der Waals surface area contributed by atoms with Crippen LogP contribution >= 0.6 is 27.3 Å². The topological polar surface area (TPSA) is 66.4 Å². The Hall–Kier alpha value is -2.44. The molecule has 138 valence electrons. The number of thiophene rings is 1. The first-order valence-electron chi connectivity index (χ1n) is 8.42. The smallest absolute Gasteiger partial charge is 0.339 e. The second-order valence-electron chi connectivity index (χ2n) is 6.02. The number of benzene rings is 2. The van der Waals surface area contributed by atoms with Gasteiger partial charge in [-0.15, -0.1) is 11.3 Å². The van der Waals surface area contributed by atoms with Gasteiger partial charge in [-0.1, -0.05) is 70.5 Å². The van der Waals surface area contributed by atoms with Gasteiger partial charge in [0.05, 0.1) is 10.6 Å². The molecule has 2 aromatic carbocycles. The molecule has 0 spiro atoms. The molecule has 0 saturated carbocycles. The fraction of sp³-hybridized carbons (Fsp3) is 0.143. The maximum atomic E-state index is 12.3. The van der Waals surface area contributed by atoms with Gasteiger partial charge in [0.15, 0.2) is 0 Å². The Morgan fingerprint density at radius 3 is 2.33 bits per heavy atom. The van der Waals surface area contributed by atoms with E-state index in [9.17, 15) is 14.7 Å². The van der Waals surface area contributed by atoms with Gasteiger partial charge in [-0.05, 0) is 23.1 Å². The summed E-state index contributed by atoms with van der Waals surface area (Å²) < 4.78 is 0. The number of aryl methyl sites for hydroxylation is 1. The van der Waals surface area contributed by atoms with Crippen molar-refractivity contribution in [2.45, 2.75) is 18.2 Å². The molecule has 0 aliphatic heterocycles. The summed E-state index contributed by atoms with van der Waals surface area (Å²) in [6.45, 7) is 0. The molecule has 0 unspecified atom stereocenters. The fourth-order valence-electron chi connectivity index (χ4n) is 2.74. The monoisotopic (exact) mass is 443 g/mol. The van der Waals surface area contributed by atoms with Crippen LogP contribution in [0.25, 0.3) is 10.4 Å². The number of alkyl halides is 1. The van der Waals surface area contributed by atoms with Gasteiger partial charge >= 0.3 is 5.97 Å². The summed E-state index contributed by atoms with van der Waals surface area (Å²) in [4.78, 5) is 24.7. The molecule has 2 N–H and O–H groups in total. The minimum atomic E-state index is -1.05. The molecule has 0 saturated heterocycles. The van der Waals surface area contributed by atoms with E-state index in [0.717, 1.165) is 22.0 Å². The molecule has 6 heteroatoms. The van der Waals surface area contributed by atoms with Crippen LogP contribution in [0, 0.1) is 0 Å². The van der Waals surface area contributed by atoms with Crippen LogP contribution in [-0.4, -0.2) is 17.0 Å². The van der Waals surface area contributed by atoms with Crippen molar-refractivity contribution in [3.05, 3.63) is 76.7 Å². The minimum absolute atomic E-state index is 0.139. The first kappa shape index (κ1) is 19.3. The van der Waals surface area contributed by atoms with Gasteiger partial charge < -0.3 is 10.4 Å². The average molecular weight is 444 g/mol. The number of nitrogens with one attached hydrogen (secondary N) is 1. The van der Waals surface area contributed by atoms with Crippen molar-refractivity contribution in [2.75, 3.05) is 5.32 Å². The first-order chi connectivity index (χ1) is 13.1. The van der Waals surface area contributed by atoms with Gasteiger partial charge in [-0.3, -0.25) is 4.79 Å². The van der Waals surface area contributed by atoms with Crippen molar-refractivity contribution in [1.29, 1.82) is 0 Å². The van der Waals surface area contributed by atoms with Crippen LogP contribution in [0.3, 0.4) is 0 Å². The van der Waals surface area contributed by atoms with E-state index in [4.69, 9.17) is 0 Å². The maximum Gasteiger partial charge on any atom is 0.339 e. The Balaban J connectivity index is 1.76. The third-order valence-electron chi connectivity index (χ3n) is 4.13. The Labute approximate surface area is 170 Å². The van der Waals surface area contributed by atoms with Crippen molar-refractivity contribution in [3.8, 4) is 10.4 Å². The molecular weight excluding hydrogens is 426 g/mol. The molecular formula is C21H18BrNO3S. The largest absolute Gasteiger partial charge is 0.478 e. The second kappa shape index (κ2) is 8.97. The summed E-state index contributed by atoms with van der Waals surface area (Å²) in [5.74, 6) is -1.24. The molecule has 1 heterocycles. The molecule has 27 heavy (non-hydrogen) atoms. The zero-order chi connectivity index (χ0) is 19.2. The van der Waals surface area contributed by atoms with Crippen molar-refractivity contribution in [2.24, 2.45) is 0 Å². The molecule has 3 rings (SSSR count). The number of carbonyl (C=O) groups excluding carboxylic acids is 1. The normalized spacial score (nSPS) is 10.6. The SMILES string of the molecule is O=C(CCc1ccccc1)Nc1csc(-c2ccc(CBr)cc2)c1C(=O)O. The van der Waals surface area contributed by atoms with Gasteiger partial charge in [0.1, 0.15) is 5.56 Å². The maximum absolute atomic E-state index is 12.3. The zero-order valence-electron chi connectivity index (χ0n) is 14.4. The number of aromatic carboxylic acids is 1. The van der Waals surface area contributed by atoms with E-state index in [1.807, 2.05) is 54.6 Å². The number of hydrogen-bond acceptors (Lipinski definition) is 3. The molecule has 1 amide bonds. The number of carboxylic acids is 1. The van der Waals surface area contributed by atoms with E-state index in [0.29, 0.717) is 23.4 Å². The second-order valence-corrected chi connectivity index (χ2v) is 7.46. The fourth-order valence-corrected chi connectivity index (χ4v) is 4.11. The Bertz CT molecular complexity index is 936. The van der Waals surface area contributed by atoms with Crippen molar-refractivity contribution < 1.29 is 14.7 Å². The number of carboxylic acid groups (broad SMARTS) is 1. The minimum Gasteiger partial charge on any atom is -0.478 e. The Kier molecular flexibility index (Phi) is 6.42. The summed E-state index contributed by atoms with van der Waals surface area (Å²) in [5.41, 5.74) is 3.50. The molecule has 0 aliphatic carbocycles. The molecule has 0 aliphatic rings. The van der Waals surface area contributed by atoms with Crippen molar-refractivity contribution in [3.63, 3.8) is 0 Å². The zero-order valence-corrected chi connectivity index (χ0v) is 16.8. The highest BCUT2D eigenvalue weighted by Crippen LogP contribution is 2.36. The van der Waals surface area contributed by atoms with Crippen LogP contribution in [0.15, 0.2) is 60.0 Å². The van der Waals surface area contributed by atoms with E-state index >= 15 is 0 Å². The lowest BCUT2D eigenvalue weighted by atomic mass is 10.1. The molecule has 1 aromatic heterocycles. The van der Waals surface area contributed by atoms with E-state index < -0.39 is 5.97 Å². The Morgan fingerprint density at radius 1 is 1.00 bits per heavy atom. The van der Waals surface area contributed by atoms with Crippen molar-refractivity contribution in [1.82, 2.24) is 0 Å². The highest BCUT2D eigenvalue weighted by molar-refractivity contribution is 9.08. The third-order valence-corrected chi connectivity index (χ3v) is 5.81. The number of anilines is 1. The number of carbonyl (C=O) groups is 2. The predicted molar refractivity (Wildman–Crippen MR) is 113 cm³/mol. The summed E-state index contributed by atoms with van der Waals surface area (Å²) in [6, 6.07) is 17.4. The number of amides is 1. The van der Waals surface area contributed by atoms with Gasteiger partial charge in [-0.25, -0.2) is 4.79 Å². The van der Waals surface area contributed by atoms with Gasteiger partial charge in [0.2, 0.25) is 5.91 Å². The van der Waals surface area contributed by atoms with Gasteiger partial charge in [-0.2, -0.15) is 0 Å². The molecule has 0 bridgehead atoms.